The number of ketones is 1. The van der Waals surface area contributed by atoms with E-state index in [2.05, 4.69) is 0 Å². The van der Waals surface area contributed by atoms with Crippen LogP contribution >= 0.6 is 0 Å². The molecule has 110 valence electrons. The minimum absolute atomic E-state index is 0.106. The quantitative estimate of drug-likeness (QED) is 0.791. The van der Waals surface area contributed by atoms with E-state index >= 15 is 0 Å². The molecule has 0 saturated carbocycles. The molecule has 0 atom stereocenters. The summed E-state index contributed by atoms with van der Waals surface area (Å²) >= 11 is 0. The number of ether oxygens (including phenoxy) is 3. The lowest BCUT2D eigenvalue weighted by Gasteiger charge is -2.12. The van der Waals surface area contributed by atoms with Crippen molar-refractivity contribution in [3.63, 3.8) is 0 Å². The molecule has 0 N–H and O–H groups in total. The smallest absolute Gasteiger partial charge is 0.193 e. The van der Waals surface area contributed by atoms with Crippen molar-refractivity contribution >= 4 is 5.78 Å². The largest absolute Gasteiger partial charge is 0.497 e. The minimum Gasteiger partial charge on any atom is -0.497 e. The van der Waals surface area contributed by atoms with Crippen molar-refractivity contribution < 1.29 is 19.0 Å². The Morgan fingerprint density at radius 2 is 1.48 bits per heavy atom. The van der Waals surface area contributed by atoms with Gasteiger partial charge in [0.05, 0.1) is 21.3 Å². The minimum atomic E-state index is -0.106. The summed E-state index contributed by atoms with van der Waals surface area (Å²) in [5.74, 6) is 1.79. The van der Waals surface area contributed by atoms with Crippen molar-refractivity contribution in [3.05, 3.63) is 53.1 Å². The molecule has 0 radical (unpaired) electrons. The van der Waals surface area contributed by atoms with Crippen LogP contribution in [-0.4, -0.2) is 27.1 Å². The summed E-state index contributed by atoms with van der Waals surface area (Å²) in [5, 5.41) is 0. The second-order valence-electron chi connectivity index (χ2n) is 4.57. The third-order valence-corrected chi connectivity index (χ3v) is 3.35. The summed E-state index contributed by atoms with van der Waals surface area (Å²) in [6, 6.07) is 10.5. The standard InChI is InChI=1S/C17H18O4/c1-11-15(20-3)9-13(10-16(11)21-4)17(18)12-6-5-7-14(8-12)19-2/h5-10H,1-4H3. The number of hydrogen-bond acceptors (Lipinski definition) is 4. The van der Waals surface area contributed by atoms with E-state index in [0.717, 1.165) is 5.56 Å². The summed E-state index contributed by atoms with van der Waals surface area (Å²) < 4.78 is 15.8. The van der Waals surface area contributed by atoms with Crippen LogP contribution in [0.25, 0.3) is 0 Å². The van der Waals surface area contributed by atoms with Crippen molar-refractivity contribution in [2.45, 2.75) is 6.92 Å². The molecule has 0 unspecified atom stereocenters. The molecule has 21 heavy (non-hydrogen) atoms. The predicted octanol–water partition coefficient (Wildman–Crippen LogP) is 3.25. The fraction of sp³-hybridized carbons (Fsp3) is 0.235. The van der Waals surface area contributed by atoms with Crippen molar-refractivity contribution in [1.82, 2.24) is 0 Å². The zero-order chi connectivity index (χ0) is 15.4. The first-order valence-corrected chi connectivity index (χ1v) is 6.52. The monoisotopic (exact) mass is 286 g/mol. The third-order valence-electron chi connectivity index (χ3n) is 3.35. The van der Waals surface area contributed by atoms with Crippen LogP contribution in [0.15, 0.2) is 36.4 Å². The van der Waals surface area contributed by atoms with E-state index in [9.17, 15) is 4.79 Å². The van der Waals surface area contributed by atoms with Gasteiger partial charge in [-0.2, -0.15) is 0 Å². The topological polar surface area (TPSA) is 44.8 Å². The van der Waals surface area contributed by atoms with Gasteiger partial charge in [0.15, 0.2) is 5.78 Å². The Hall–Kier alpha value is -2.49. The summed E-state index contributed by atoms with van der Waals surface area (Å²) in [5.41, 5.74) is 1.94. The summed E-state index contributed by atoms with van der Waals surface area (Å²) in [4.78, 5) is 12.6. The lowest BCUT2D eigenvalue weighted by molar-refractivity contribution is 0.103. The van der Waals surface area contributed by atoms with Gasteiger partial charge in [0, 0.05) is 16.7 Å². The van der Waals surface area contributed by atoms with Crippen LogP contribution in [0.1, 0.15) is 21.5 Å². The van der Waals surface area contributed by atoms with Gasteiger partial charge in [-0.3, -0.25) is 4.79 Å². The Kier molecular flexibility index (Phi) is 4.48. The normalized spacial score (nSPS) is 10.1. The molecular formula is C17H18O4. The highest BCUT2D eigenvalue weighted by atomic mass is 16.5. The lowest BCUT2D eigenvalue weighted by atomic mass is 10.0. The van der Waals surface area contributed by atoms with E-state index in [1.807, 2.05) is 6.92 Å². The average Bonchev–Trinajstić information content (AvgIpc) is 2.54. The Morgan fingerprint density at radius 3 is 2.00 bits per heavy atom. The molecule has 0 aliphatic carbocycles. The molecule has 0 aliphatic rings. The second-order valence-corrected chi connectivity index (χ2v) is 4.57. The zero-order valence-corrected chi connectivity index (χ0v) is 12.6. The molecule has 0 aliphatic heterocycles. The van der Waals surface area contributed by atoms with Gasteiger partial charge in [0.1, 0.15) is 17.2 Å². The van der Waals surface area contributed by atoms with Crippen molar-refractivity contribution in [3.8, 4) is 17.2 Å². The lowest BCUT2D eigenvalue weighted by Crippen LogP contribution is -2.04. The Morgan fingerprint density at radius 1 is 0.857 bits per heavy atom. The summed E-state index contributed by atoms with van der Waals surface area (Å²) in [6.45, 7) is 1.89. The molecule has 0 fully saturated rings. The first-order chi connectivity index (χ1) is 10.1. The third kappa shape index (κ3) is 2.99. The van der Waals surface area contributed by atoms with E-state index in [1.54, 1.807) is 57.7 Å². The van der Waals surface area contributed by atoms with E-state index in [0.29, 0.717) is 28.4 Å². The molecule has 4 nitrogen and oxygen atoms in total. The molecule has 2 rings (SSSR count). The molecule has 0 saturated heterocycles. The van der Waals surface area contributed by atoms with Gasteiger partial charge in [-0.05, 0) is 31.2 Å². The first kappa shape index (κ1) is 14.9. The van der Waals surface area contributed by atoms with Crippen molar-refractivity contribution in [2.75, 3.05) is 21.3 Å². The average molecular weight is 286 g/mol. The van der Waals surface area contributed by atoms with Crippen LogP contribution in [0.3, 0.4) is 0 Å². The van der Waals surface area contributed by atoms with E-state index in [1.165, 1.54) is 0 Å². The number of carbonyl (C=O) groups is 1. The molecule has 4 heteroatoms. The van der Waals surface area contributed by atoms with Crippen LogP contribution < -0.4 is 14.2 Å². The number of hydrogen-bond donors (Lipinski definition) is 0. The van der Waals surface area contributed by atoms with Gasteiger partial charge in [0.25, 0.3) is 0 Å². The number of carbonyl (C=O) groups excluding carboxylic acids is 1. The second kappa shape index (κ2) is 6.31. The van der Waals surface area contributed by atoms with Gasteiger partial charge in [0.2, 0.25) is 0 Å². The maximum atomic E-state index is 12.6. The van der Waals surface area contributed by atoms with Crippen LogP contribution in [0.2, 0.25) is 0 Å². The van der Waals surface area contributed by atoms with E-state index in [-0.39, 0.29) is 5.78 Å². The van der Waals surface area contributed by atoms with Crippen LogP contribution in [0.5, 0.6) is 17.2 Å². The van der Waals surface area contributed by atoms with Gasteiger partial charge in [-0.15, -0.1) is 0 Å². The van der Waals surface area contributed by atoms with Crippen LogP contribution in [-0.2, 0) is 0 Å². The van der Waals surface area contributed by atoms with E-state index < -0.39 is 0 Å². The zero-order valence-electron chi connectivity index (χ0n) is 12.6. The van der Waals surface area contributed by atoms with Crippen molar-refractivity contribution in [2.24, 2.45) is 0 Å². The van der Waals surface area contributed by atoms with Gasteiger partial charge >= 0.3 is 0 Å². The molecular weight excluding hydrogens is 268 g/mol. The summed E-state index contributed by atoms with van der Waals surface area (Å²) in [7, 11) is 4.71. The van der Waals surface area contributed by atoms with Gasteiger partial charge in [-0.25, -0.2) is 0 Å². The molecule has 0 spiro atoms. The maximum absolute atomic E-state index is 12.6. The Labute approximate surface area is 124 Å². The number of rotatable bonds is 5. The van der Waals surface area contributed by atoms with Crippen LogP contribution in [0.4, 0.5) is 0 Å². The Balaban J connectivity index is 2.47. The van der Waals surface area contributed by atoms with E-state index in [4.69, 9.17) is 14.2 Å². The fourth-order valence-corrected chi connectivity index (χ4v) is 2.15. The highest BCUT2D eigenvalue weighted by Crippen LogP contribution is 2.30. The Bertz CT molecular complexity index is 637. The predicted molar refractivity (Wildman–Crippen MR) is 80.7 cm³/mol. The molecule has 0 bridgehead atoms. The summed E-state index contributed by atoms with van der Waals surface area (Å²) in [6.07, 6.45) is 0. The SMILES string of the molecule is COc1cccc(C(=O)c2cc(OC)c(C)c(OC)c2)c1. The molecule has 0 heterocycles. The number of methoxy groups -OCH3 is 3. The van der Waals surface area contributed by atoms with Gasteiger partial charge in [-0.1, -0.05) is 12.1 Å². The fourth-order valence-electron chi connectivity index (χ4n) is 2.15. The molecule has 0 aromatic heterocycles. The van der Waals surface area contributed by atoms with Gasteiger partial charge < -0.3 is 14.2 Å². The maximum Gasteiger partial charge on any atom is 0.193 e. The molecule has 0 amide bonds. The number of benzene rings is 2. The molecule has 2 aromatic rings. The van der Waals surface area contributed by atoms with Crippen LogP contribution in [0, 0.1) is 6.92 Å². The van der Waals surface area contributed by atoms with Crippen molar-refractivity contribution in [1.29, 1.82) is 0 Å². The first-order valence-electron chi connectivity index (χ1n) is 6.52. The molecule has 2 aromatic carbocycles. The highest BCUT2D eigenvalue weighted by Gasteiger charge is 2.15. The highest BCUT2D eigenvalue weighted by molar-refractivity contribution is 6.09.